The van der Waals surface area contributed by atoms with Crippen molar-refractivity contribution in [1.29, 1.82) is 0 Å². The molecule has 2 aromatic carbocycles. The second kappa shape index (κ2) is 9.33. The first-order valence-corrected chi connectivity index (χ1v) is 9.49. The molecule has 0 aromatic heterocycles. The number of nitrogens with one attached hydrogen (secondary N) is 1. The molecule has 0 saturated carbocycles. The molecule has 1 heterocycles. The molecule has 2 N–H and O–H groups in total. The van der Waals surface area contributed by atoms with Crippen LogP contribution >= 0.6 is 0 Å². The fourth-order valence-corrected chi connectivity index (χ4v) is 3.72. The van der Waals surface area contributed by atoms with Crippen molar-refractivity contribution in [2.24, 2.45) is 0 Å². The molecule has 0 bridgehead atoms. The van der Waals surface area contributed by atoms with Crippen LogP contribution in [0.4, 0.5) is 0 Å². The molecule has 2 aromatic rings. The number of hydrogen-bond donors (Lipinski definition) is 2. The molecule has 5 nitrogen and oxygen atoms in total. The summed E-state index contributed by atoms with van der Waals surface area (Å²) in [7, 11) is 0. The number of nitrogens with zero attached hydrogens (tertiary/aromatic N) is 1. The molecule has 142 valence electrons. The minimum absolute atomic E-state index is 0.114. The Balaban J connectivity index is 1.58. The first-order chi connectivity index (χ1) is 13.1. The van der Waals surface area contributed by atoms with E-state index < -0.39 is 5.97 Å². The van der Waals surface area contributed by atoms with E-state index in [1.54, 1.807) is 0 Å². The Labute approximate surface area is 160 Å². The zero-order valence-electron chi connectivity index (χ0n) is 15.4. The molecular weight excluding hydrogens is 340 g/mol. The number of benzene rings is 2. The van der Waals surface area contributed by atoms with Crippen LogP contribution < -0.4 is 5.32 Å². The van der Waals surface area contributed by atoms with Crippen LogP contribution in [0.3, 0.4) is 0 Å². The predicted molar refractivity (Wildman–Crippen MR) is 104 cm³/mol. The van der Waals surface area contributed by atoms with E-state index in [1.807, 2.05) is 48.5 Å². The number of carbonyl (C=O) groups is 2. The number of amides is 1. The summed E-state index contributed by atoms with van der Waals surface area (Å²) in [5.41, 5.74) is 2.28. The summed E-state index contributed by atoms with van der Waals surface area (Å²) in [6, 6.07) is 19.5. The van der Waals surface area contributed by atoms with Gasteiger partial charge in [0.05, 0.1) is 12.1 Å². The summed E-state index contributed by atoms with van der Waals surface area (Å²) in [5, 5.41) is 12.6. The van der Waals surface area contributed by atoms with E-state index in [1.165, 1.54) is 10.5 Å². The smallest absolute Gasteiger partial charge is 0.323 e. The van der Waals surface area contributed by atoms with E-state index in [0.29, 0.717) is 0 Å². The predicted octanol–water partition coefficient (Wildman–Crippen LogP) is 3.03. The Morgan fingerprint density at radius 1 is 1.04 bits per heavy atom. The molecule has 0 spiro atoms. The summed E-state index contributed by atoms with van der Waals surface area (Å²) >= 11 is 0. The van der Waals surface area contributed by atoms with Gasteiger partial charge in [-0.15, -0.1) is 0 Å². The van der Waals surface area contributed by atoms with Gasteiger partial charge >= 0.3 is 5.97 Å². The van der Waals surface area contributed by atoms with Crippen LogP contribution in [0.15, 0.2) is 60.7 Å². The average Bonchev–Trinajstić information content (AvgIpc) is 2.69. The zero-order valence-corrected chi connectivity index (χ0v) is 15.4. The van der Waals surface area contributed by atoms with E-state index in [2.05, 4.69) is 17.4 Å². The number of rotatable bonds is 8. The van der Waals surface area contributed by atoms with Gasteiger partial charge in [-0.05, 0) is 43.4 Å². The third kappa shape index (κ3) is 5.17. The van der Waals surface area contributed by atoms with Crippen LogP contribution in [-0.2, 0) is 16.0 Å². The Bertz CT molecular complexity index is 749. The van der Waals surface area contributed by atoms with E-state index in [9.17, 15) is 14.7 Å². The van der Waals surface area contributed by atoms with Gasteiger partial charge in [-0.3, -0.25) is 9.59 Å². The lowest BCUT2D eigenvalue weighted by Gasteiger charge is -2.39. The maximum Gasteiger partial charge on any atom is 0.323 e. The van der Waals surface area contributed by atoms with Crippen molar-refractivity contribution in [2.75, 3.05) is 13.1 Å². The van der Waals surface area contributed by atoms with Gasteiger partial charge in [-0.2, -0.15) is 0 Å². The van der Waals surface area contributed by atoms with E-state index >= 15 is 0 Å². The monoisotopic (exact) mass is 366 g/mol. The summed E-state index contributed by atoms with van der Waals surface area (Å²) in [5.74, 6) is -1.09. The highest BCUT2D eigenvalue weighted by atomic mass is 16.4. The van der Waals surface area contributed by atoms with Crippen LogP contribution in [-0.4, -0.2) is 41.0 Å². The third-order valence-electron chi connectivity index (χ3n) is 5.05. The number of piperidine rings is 1. The van der Waals surface area contributed by atoms with Crippen molar-refractivity contribution >= 4 is 11.9 Å². The topological polar surface area (TPSA) is 69.6 Å². The Kier molecular flexibility index (Phi) is 6.60. The van der Waals surface area contributed by atoms with Gasteiger partial charge in [0, 0.05) is 0 Å². The summed E-state index contributed by atoms with van der Waals surface area (Å²) in [6.07, 6.45) is 3.38. The van der Waals surface area contributed by atoms with Gasteiger partial charge in [0.1, 0.15) is 6.54 Å². The fourth-order valence-electron chi connectivity index (χ4n) is 3.72. The number of likely N-dealkylation sites (tertiary alicyclic amines) is 1. The van der Waals surface area contributed by atoms with Gasteiger partial charge < -0.3 is 15.3 Å². The Morgan fingerprint density at radius 3 is 2.37 bits per heavy atom. The van der Waals surface area contributed by atoms with E-state index in [-0.39, 0.29) is 24.5 Å². The Hall–Kier alpha value is -2.66. The first kappa shape index (κ1) is 19.1. The average molecular weight is 366 g/mol. The maximum absolute atomic E-state index is 12.9. The highest BCUT2D eigenvalue weighted by molar-refractivity contribution is 5.86. The Morgan fingerprint density at radius 2 is 1.70 bits per heavy atom. The summed E-state index contributed by atoms with van der Waals surface area (Å²) < 4.78 is 0. The number of hydrogen-bond acceptors (Lipinski definition) is 3. The second-order valence-electron chi connectivity index (χ2n) is 6.96. The quantitative estimate of drug-likeness (QED) is 0.705. The fraction of sp³-hybridized carbons (Fsp3) is 0.364. The zero-order chi connectivity index (χ0) is 19.1. The highest BCUT2D eigenvalue weighted by Crippen LogP contribution is 2.31. The molecule has 1 aliphatic heterocycles. The first-order valence-electron chi connectivity index (χ1n) is 9.49. The standard InChI is InChI=1S/C22H26N2O3/c25-21(26)16-24-20(18-11-5-2-6-12-18)14-13-19(22(24)27)23-15-7-10-17-8-3-1-4-9-17/h1-6,8-9,11-12,19-20,23H,7,10,13-16H2,(H,25,26)/t19-,20-/m0/s1. The minimum atomic E-state index is -0.978. The normalized spacial score (nSPS) is 19.9. The van der Waals surface area contributed by atoms with Crippen LogP contribution in [0.25, 0.3) is 0 Å². The van der Waals surface area contributed by atoms with Crippen LogP contribution in [0.5, 0.6) is 0 Å². The second-order valence-corrected chi connectivity index (χ2v) is 6.96. The van der Waals surface area contributed by atoms with Crippen LogP contribution in [0, 0.1) is 0 Å². The van der Waals surface area contributed by atoms with Gasteiger partial charge in [-0.25, -0.2) is 0 Å². The largest absolute Gasteiger partial charge is 0.480 e. The number of carboxylic acids is 1. The molecule has 1 amide bonds. The molecule has 2 atom stereocenters. The van der Waals surface area contributed by atoms with E-state index in [4.69, 9.17) is 0 Å². The molecule has 1 saturated heterocycles. The molecular formula is C22H26N2O3. The van der Waals surface area contributed by atoms with Crippen LogP contribution in [0.2, 0.25) is 0 Å². The van der Waals surface area contributed by atoms with Crippen molar-refractivity contribution in [2.45, 2.75) is 37.8 Å². The van der Waals surface area contributed by atoms with Gasteiger partial charge in [-0.1, -0.05) is 60.7 Å². The van der Waals surface area contributed by atoms with Gasteiger partial charge in [0.25, 0.3) is 0 Å². The molecule has 0 aliphatic carbocycles. The SMILES string of the molecule is O=C(O)CN1C(=O)[C@@H](NCCCc2ccccc2)CC[C@H]1c1ccccc1. The molecule has 27 heavy (non-hydrogen) atoms. The van der Waals surface area contributed by atoms with Gasteiger partial charge in [0.2, 0.25) is 5.91 Å². The molecule has 1 fully saturated rings. The summed E-state index contributed by atoms with van der Waals surface area (Å²) in [6.45, 7) is 0.475. The molecule has 3 rings (SSSR count). The van der Waals surface area contributed by atoms with Crippen molar-refractivity contribution in [3.63, 3.8) is 0 Å². The molecule has 5 heteroatoms. The lowest BCUT2D eigenvalue weighted by atomic mass is 9.92. The number of aliphatic carboxylic acids is 1. The molecule has 0 unspecified atom stereocenters. The lowest BCUT2D eigenvalue weighted by Crippen LogP contribution is -2.53. The van der Waals surface area contributed by atoms with Crippen molar-refractivity contribution in [3.8, 4) is 0 Å². The van der Waals surface area contributed by atoms with E-state index in [0.717, 1.165) is 37.8 Å². The van der Waals surface area contributed by atoms with Gasteiger partial charge in [0.15, 0.2) is 0 Å². The molecule has 0 radical (unpaired) electrons. The minimum Gasteiger partial charge on any atom is -0.480 e. The van der Waals surface area contributed by atoms with Crippen LogP contribution in [0.1, 0.15) is 36.4 Å². The summed E-state index contributed by atoms with van der Waals surface area (Å²) in [4.78, 5) is 25.7. The third-order valence-corrected chi connectivity index (χ3v) is 5.05. The number of aryl methyl sites for hydroxylation is 1. The maximum atomic E-state index is 12.9. The van der Waals surface area contributed by atoms with Crippen molar-refractivity contribution in [3.05, 3.63) is 71.8 Å². The number of carboxylic acid groups (broad SMARTS) is 1. The highest BCUT2D eigenvalue weighted by Gasteiger charge is 2.36. The van der Waals surface area contributed by atoms with Crippen molar-refractivity contribution < 1.29 is 14.7 Å². The molecule has 1 aliphatic rings. The number of carbonyl (C=O) groups excluding carboxylic acids is 1. The van der Waals surface area contributed by atoms with Crippen molar-refractivity contribution in [1.82, 2.24) is 10.2 Å². The lowest BCUT2D eigenvalue weighted by molar-refractivity contribution is -0.149.